The van der Waals surface area contributed by atoms with Crippen LogP contribution in [0.2, 0.25) is 0 Å². The Balaban J connectivity index is 1.28. The van der Waals surface area contributed by atoms with Crippen molar-refractivity contribution in [3.8, 4) is 33.4 Å². The third kappa shape index (κ3) is 3.85. The van der Waals surface area contributed by atoms with Gasteiger partial charge in [0.25, 0.3) is 0 Å². The first-order valence-corrected chi connectivity index (χ1v) is 15.3. The molecule has 204 valence electrons. The number of hydrogen-bond donors (Lipinski definition) is 0. The van der Waals surface area contributed by atoms with Crippen LogP contribution < -0.4 is 0 Å². The Hall–Kier alpha value is -5.72. The van der Waals surface area contributed by atoms with Crippen molar-refractivity contribution in [2.24, 2.45) is 0 Å². The SMILES string of the molecule is c1cc(-c2ccc3c(ccc4ccccc43)c2)cc(-c2c3ccccc3c(-c3cccc4ccccc34)c3ccccc23)c1. The zero-order valence-electron chi connectivity index (χ0n) is 24.2. The van der Waals surface area contributed by atoms with Crippen LogP contribution in [0, 0.1) is 0 Å². The summed E-state index contributed by atoms with van der Waals surface area (Å²) < 4.78 is 0. The van der Waals surface area contributed by atoms with Gasteiger partial charge < -0.3 is 0 Å². The molecule has 0 nitrogen and oxygen atoms in total. The standard InChI is InChI=1S/C44H28/c1-4-17-36-29(11-1)13-10-22-38(36)44-41-20-7-5-18-39(41)43(40-19-6-8-21-42(40)44)34-15-9-14-31(28-34)32-25-26-37-33(27-32)24-23-30-12-2-3-16-35(30)37/h1-28H. The fraction of sp³-hybridized carbons (Fsp3) is 0. The van der Waals surface area contributed by atoms with Crippen molar-refractivity contribution in [3.63, 3.8) is 0 Å². The molecule has 0 atom stereocenters. The maximum Gasteiger partial charge on any atom is -0.00201 e. The van der Waals surface area contributed by atoms with Gasteiger partial charge in [-0.1, -0.05) is 158 Å². The average molecular weight is 557 g/mol. The van der Waals surface area contributed by atoms with Gasteiger partial charge in [-0.15, -0.1) is 0 Å². The fourth-order valence-electron chi connectivity index (χ4n) is 7.22. The van der Waals surface area contributed by atoms with E-state index in [0.29, 0.717) is 0 Å². The molecule has 9 aromatic rings. The van der Waals surface area contributed by atoms with Crippen LogP contribution in [-0.4, -0.2) is 0 Å². The molecule has 0 aliphatic rings. The van der Waals surface area contributed by atoms with Gasteiger partial charge in [-0.2, -0.15) is 0 Å². The molecule has 0 radical (unpaired) electrons. The topological polar surface area (TPSA) is 0 Å². The van der Waals surface area contributed by atoms with Crippen molar-refractivity contribution in [1.82, 2.24) is 0 Å². The van der Waals surface area contributed by atoms with Gasteiger partial charge in [0.2, 0.25) is 0 Å². The van der Waals surface area contributed by atoms with Gasteiger partial charge in [-0.3, -0.25) is 0 Å². The molecule has 0 N–H and O–H groups in total. The molecule has 44 heavy (non-hydrogen) atoms. The Kier molecular flexibility index (Phi) is 5.61. The van der Waals surface area contributed by atoms with E-state index in [-0.39, 0.29) is 0 Å². The predicted octanol–water partition coefficient (Wildman–Crippen LogP) is 12.5. The van der Waals surface area contributed by atoms with Crippen LogP contribution in [0.4, 0.5) is 0 Å². The fourth-order valence-corrected chi connectivity index (χ4v) is 7.22. The van der Waals surface area contributed by atoms with E-state index in [1.807, 2.05) is 0 Å². The molecule has 0 aliphatic heterocycles. The van der Waals surface area contributed by atoms with Crippen molar-refractivity contribution in [2.75, 3.05) is 0 Å². The summed E-state index contributed by atoms with van der Waals surface area (Å²) in [5, 5.41) is 12.8. The van der Waals surface area contributed by atoms with Crippen LogP contribution in [0.5, 0.6) is 0 Å². The van der Waals surface area contributed by atoms with Crippen molar-refractivity contribution < 1.29 is 0 Å². The molecule has 9 aromatic carbocycles. The molecule has 9 rings (SSSR count). The van der Waals surface area contributed by atoms with Gasteiger partial charge in [-0.25, -0.2) is 0 Å². The summed E-state index contributed by atoms with van der Waals surface area (Å²) >= 11 is 0. The van der Waals surface area contributed by atoms with Crippen molar-refractivity contribution in [1.29, 1.82) is 0 Å². The lowest BCUT2D eigenvalue weighted by Gasteiger charge is -2.19. The monoisotopic (exact) mass is 556 g/mol. The lowest BCUT2D eigenvalue weighted by molar-refractivity contribution is 1.63. The number of rotatable bonds is 3. The molecule has 0 heterocycles. The van der Waals surface area contributed by atoms with Gasteiger partial charge in [-0.05, 0) is 99.4 Å². The van der Waals surface area contributed by atoms with Gasteiger partial charge in [0, 0.05) is 0 Å². The van der Waals surface area contributed by atoms with E-state index in [1.54, 1.807) is 0 Å². The Morgan fingerprint density at radius 3 is 1.43 bits per heavy atom. The van der Waals surface area contributed by atoms with Crippen molar-refractivity contribution in [2.45, 2.75) is 0 Å². The summed E-state index contributed by atoms with van der Waals surface area (Å²) in [6.45, 7) is 0. The van der Waals surface area contributed by atoms with Crippen LogP contribution in [0.1, 0.15) is 0 Å². The number of benzene rings is 9. The van der Waals surface area contributed by atoms with E-state index < -0.39 is 0 Å². The first kappa shape index (κ1) is 24.8. The van der Waals surface area contributed by atoms with Crippen molar-refractivity contribution in [3.05, 3.63) is 170 Å². The summed E-state index contributed by atoms with van der Waals surface area (Å²) in [5.74, 6) is 0. The minimum absolute atomic E-state index is 1.23. The van der Waals surface area contributed by atoms with Crippen LogP contribution in [0.3, 0.4) is 0 Å². The van der Waals surface area contributed by atoms with Crippen LogP contribution in [0.25, 0.3) is 87.2 Å². The second kappa shape index (κ2) is 9.93. The zero-order chi connectivity index (χ0) is 29.0. The zero-order valence-corrected chi connectivity index (χ0v) is 24.2. The van der Waals surface area contributed by atoms with E-state index in [0.717, 1.165) is 0 Å². The van der Waals surface area contributed by atoms with Gasteiger partial charge in [0.15, 0.2) is 0 Å². The lowest BCUT2D eigenvalue weighted by Crippen LogP contribution is -1.92. The molecule has 0 heteroatoms. The first-order chi connectivity index (χ1) is 21.8. The Bertz CT molecular complexity index is 2490. The molecule has 0 saturated carbocycles. The minimum atomic E-state index is 1.23. The molecule has 0 spiro atoms. The lowest BCUT2D eigenvalue weighted by atomic mass is 9.84. The van der Waals surface area contributed by atoms with Crippen LogP contribution in [-0.2, 0) is 0 Å². The summed E-state index contributed by atoms with van der Waals surface area (Å²) in [4.78, 5) is 0. The highest BCUT2D eigenvalue weighted by Crippen LogP contribution is 2.45. The highest BCUT2D eigenvalue weighted by molar-refractivity contribution is 6.23. The average Bonchev–Trinajstić information content (AvgIpc) is 3.10. The second-order valence-corrected chi connectivity index (χ2v) is 11.7. The van der Waals surface area contributed by atoms with E-state index in [1.165, 1.54) is 87.2 Å². The Morgan fingerprint density at radius 2 is 0.705 bits per heavy atom. The largest absolute Gasteiger partial charge is 0.0616 e. The van der Waals surface area contributed by atoms with E-state index in [4.69, 9.17) is 0 Å². The normalized spacial score (nSPS) is 11.6. The molecule has 0 amide bonds. The maximum absolute atomic E-state index is 2.37. The van der Waals surface area contributed by atoms with Gasteiger partial charge in [0.1, 0.15) is 0 Å². The van der Waals surface area contributed by atoms with E-state index in [9.17, 15) is 0 Å². The molecule has 0 bridgehead atoms. The highest BCUT2D eigenvalue weighted by atomic mass is 14.2. The molecule has 0 aliphatic carbocycles. The molecule has 0 saturated heterocycles. The van der Waals surface area contributed by atoms with Gasteiger partial charge >= 0.3 is 0 Å². The quantitative estimate of drug-likeness (QED) is 0.150. The summed E-state index contributed by atoms with van der Waals surface area (Å²) in [7, 11) is 0. The molecular weight excluding hydrogens is 528 g/mol. The third-order valence-corrected chi connectivity index (χ3v) is 9.22. The summed E-state index contributed by atoms with van der Waals surface area (Å²) in [5.41, 5.74) is 7.56. The third-order valence-electron chi connectivity index (χ3n) is 9.22. The van der Waals surface area contributed by atoms with E-state index in [2.05, 4.69) is 170 Å². The van der Waals surface area contributed by atoms with Crippen molar-refractivity contribution >= 4 is 53.9 Å². The summed E-state index contributed by atoms with van der Waals surface area (Å²) in [6, 6.07) is 62.3. The Labute approximate surface area is 256 Å². The first-order valence-electron chi connectivity index (χ1n) is 15.3. The maximum atomic E-state index is 2.37. The second-order valence-electron chi connectivity index (χ2n) is 11.7. The van der Waals surface area contributed by atoms with E-state index >= 15 is 0 Å². The molecule has 0 fully saturated rings. The number of hydrogen-bond acceptors (Lipinski definition) is 0. The highest BCUT2D eigenvalue weighted by Gasteiger charge is 2.18. The Morgan fingerprint density at radius 1 is 0.227 bits per heavy atom. The number of fused-ring (bicyclic) bond motifs is 6. The molecule has 0 unspecified atom stereocenters. The van der Waals surface area contributed by atoms with Crippen LogP contribution in [0.15, 0.2) is 170 Å². The molecular formula is C44H28. The predicted molar refractivity (Wildman–Crippen MR) is 190 cm³/mol. The van der Waals surface area contributed by atoms with Gasteiger partial charge in [0.05, 0.1) is 0 Å². The minimum Gasteiger partial charge on any atom is -0.0616 e. The smallest absolute Gasteiger partial charge is 0.00201 e. The van der Waals surface area contributed by atoms with Crippen LogP contribution >= 0.6 is 0 Å². The summed E-state index contributed by atoms with van der Waals surface area (Å²) in [6.07, 6.45) is 0. The molecule has 0 aromatic heterocycles.